The Kier molecular flexibility index (Phi) is 3.36. The molecule has 3 aromatic rings. The van der Waals surface area contributed by atoms with Gasteiger partial charge < -0.3 is 5.73 Å². The van der Waals surface area contributed by atoms with Crippen LogP contribution in [-0.4, -0.2) is 15.9 Å². The van der Waals surface area contributed by atoms with Gasteiger partial charge in [-0.1, -0.05) is 29.8 Å². The summed E-state index contributed by atoms with van der Waals surface area (Å²) in [6, 6.07) is 8.69. The van der Waals surface area contributed by atoms with E-state index >= 15 is 0 Å². The molecule has 104 valence electrons. The highest BCUT2D eigenvalue weighted by Crippen LogP contribution is 2.33. The number of nitrogens with zero attached hydrogens (tertiary/aromatic N) is 2. The maximum Gasteiger partial charge on any atom is 0.194 e. The largest absolute Gasteiger partial charge is 0.330 e. The van der Waals surface area contributed by atoms with Crippen molar-refractivity contribution >= 4 is 16.3 Å². The summed E-state index contributed by atoms with van der Waals surface area (Å²) in [5.41, 5.74) is 11.9. The number of fused-ring (bicyclic) bond motifs is 1. The second-order valence-corrected chi connectivity index (χ2v) is 6.36. The van der Waals surface area contributed by atoms with E-state index in [1.807, 2.05) is 0 Å². The van der Waals surface area contributed by atoms with Crippen molar-refractivity contribution in [2.45, 2.75) is 27.2 Å². The summed E-state index contributed by atoms with van der Waals surface area (Å²) in [6.45, 7) is 6.99. The first-order valence-corrected chi connectivity index (χ1v) is 7.68. The van der Waals surface area contributed by atoms with Gasteiger partial charge in [0.15, 0.2) is 4.96 Å². The molecule has 2 heterocycles. The van der Waals surface area contributed by atoms with Gasteiger partial charge >= 0.3 is 0 Å². The zero-order chi connectivity index (χ0) is 14.3. The highest BCUT2D eigenvalue weighted by Gasteiger charge is 2.17. The number of hydrogen-bond donors (Lipinski definition) is 1. The molecule has 0 spiro atoms. The maximum absolute atomic E-state index is 5.76. The lowest BCUT2D eigenvalue weighted by Gasteiger charge is -2.07. The molecular formula is C16H19N3S. The summed E-state index contributed by atoms with van der Waals surface area (Å²) in [4.78, 5) is 7.05. The number of rotatable bonds is 3. The van der Waals surface area contributed by atoms with Gasteiger partial charge in [0.1, 0.15) is 0 Å². The lowest BCUT2D eigenvalue weighted by molar-refractivity contribution is 0.898. The van der Waals surface area contributed by atoms with Gasteiger partial charge in [-0.3, -0.25) is 4.40 Å². The van der Waals surface area contributed by atoms with E-state index in [0.29, 0.717) is 6.54 Å². The van der Waals surface area contributed by atoms with Crippen molar-refractivity contribution in [2.75, 3.05) is 6.54 Å². The van der Waals surface area contributed by atoms with E-state index in [0.717, 1.165) is 17.1 Å². The normalized spacial score (nSPS) is 11.4. The predicted molar refractivity (Wildman–Crippen MR) is 85.5 cm³/mol. The number of imidazole rings is 1. The molecule has 0 fully saturated rings. The predicted octanol–water partition coefficient (Wildman–Crippen LogP) is 3.49. The van der Waals surface area contributed by atoms with Crippen LogP contribution >= 0.6 is 11.3 Å². The standard InChI is InChI=1S/C16H19N3S/c1-10-4-6-13(7-5-10)15-12(3)20-16-18-11(2)14(8-9-17)19(15)16/h4-7H,8-9,17H2,1-3H3. The Morgan fingerprint density at radius 3 is 2.50 bits per heavy atom. The Balaban J connectivity index is 2.28. The van der Waals surface area contributed by atoms with Crippen LogP contribution in [0.1, 0.15) is 21.8 Å². The molecular weight excluding hydrogens is 266 g/mol. The van der Waals surface area contributed by atoms with E-state index in [9.17, 15) is 0 Å². The SMILES string of the molecule is Cc1ccc(-c2c(C)sc3nc(C)c(CCN)n23)cc1. The van der Waals surface area contributed by atoms with E-state index in [4.69, 9.17) is 5.73 Å². The fourth-order valence-electron chi connectivity index (χ4n) is 2.65. The molecule has 0 bridgehead atoms. The van der Waals surface area contributed by atoms with Crippen LogP contribution in [0.4, 0.5) is 0 Å². The summed E-state index contributed by atoms with van der Waals surface area (Å²) < 4.78 is 2.28. The molecule has 0 radical (unpaired) electrons. The van der Waals surface area contributed by atoms with Crippen molar-refractivity contribution in [3.8, 4) is 11.3 Å². The molecule has 0 aliphatic carbocycles. The average molecular weight is 285 g/mol. The first kappa shape index (κ1) is 13.3. The third-order valence-corrected chi connectivity index (χ3v) is 4.61. The van der Waals surface area contributed by atoms with E-state index < -0.39 is 0 Å². The summed E-state index contributed by atoms with van der Waals surface area (Å²) in [7, 11) is 0. The zero-order valence-electron chi connectivity index (χ0n) is 12.1. The van der Waals surface area contributed by atoms with Gasteiger partial charge in [-0.25, -0.2) is 4.98 Å². The van der Waals surface area contributed by atoms with Gasteiger partial charge in [-0.05, 0) is 32.9 Å². The maximum atomic E-state index is 5.76. The van der Waals surface area contributed by atoms with Crippen molar-refractivity contribution in [1.82, 2.24) is 9.38 Å². The Labute approximate surface area is 123 Å². The topological polar surface area (TPSA) is 43.3 Å². The molecule has 0 atom stereocenters. The van der Waals surface area contributed by atoms with Crippen molar-refractivity contribution in [3.05, 3.63) is 46.1 Å². The number of thiazole rings is 1. The second kappa shape index (κ2) is 5.04. The number of hydrogen-bond acceptors (Lipinski definition) is 3. The van der Waals surface area contributed by atoms with Crippen LogP contribution in [0, 0.1) is 20.8 Å². The molecule has 0 saturated heterocycles. The van der Waals surface area contributed by atoms with Gasteiger partial charge in [0.05, 0.1) is 11.4 Å². The minimum atomic E-state index is 0.650. The Bertz CT molecular complexity index is 750. The first-order valence-electron chi connectivity index (χ1n) is 6.86. The van der Waals surface area contributed by atoms with Crippen LogP contribution in [0.5, 0.6) is 0 Å². The van der Waals surface area contributed by atoms with Crippen molar-refractivity contribution < 1.29 is 0 Å². The van der Waals surface area contributed by atoms with Gasteiger partial charge in [-0.2, -0.15) is 0 Å². The minimum Gasteiger partial charge on any atom is -0.330 e. The summed E-state index contributed by atoms with van der Waals surface area (Å²) in [5, 5.41) is 0. The third kappa shape index (κ3) is 2.05. The molecule has 0 aliphatic heterocycles. The Morgan fingerprint density at radius 1 is 1.15 bits per heavy atom. The van der Waals surface area contributed by atoms with Crippen LogP contribution in [0.3, 0.4) is 0 Å². The smallest absolute Gasteiger partial charge is 0.194 e. The second-order valence-electron chi connectivity index (χ2n) is 5.17. The molecule has 0 aliphatic rings. The van der Waals surface area contributed by atoms with Gasteiger partial charge in [-0.15, -0.1) is 11.3 Å². The monoisotopic (exact) mass is 285 g/mol. The van der Waals surface area contributed by atoms with Crippen LogP contribution in [0.15, 0.2) is 24.3 Å². The number of nitrogens with two attached hydrogens (primary N) is 1. The van der Waals surface area contributed by atoms with Gasteiger partial charge in [0, 0.05) is 17.0 Å². The zero-order valence-corrected chi connectivity index (χ0v) is 12.9. The molecule has 2 aromatic heterocycles. The fourth-order valence-corrected chi connectivity index (χ4v) is 3.71. The number of aromatic nitrogens is 2. The van der Waals surface area contributed by atoms with Crippen molar-refractivity contribution in [1.29, 1.82) is 0 Å². The molecule has 2 N–H and O–H groups in total. The van der Waals surface area contributed by atoms with Crippen molar-refractivity contribution in [3.63, 3.8) is 0 Å². The van der Waals surface area contributed by atoms with Gasteiger partial charge in [0.2, 0.25) is 0 Å². The van der Waals surface area contributed by atoms with Crippen LogP contribution < -0.4 is 5.73 Å². The van der Waals surface area contributed by atoms with Gasteiger partial charge in [0.25, 0.3) is 0 Å². The van der Waals surface area contributed by atoms with E-state index in [1.54, 1.807) is 11.3 Å². The fraction of sp³-hybridized carbons (Fsp3) is 0.312. The quantitative estimate of drug-likeness (QED) is 0.800. The molecule has 0 amide bonds. The number of aryl methyl sites for hydroxylation is 3. The Hall–Kier alpha value is -1.65. The van der Waals surface area contributed by atoms with Crippen LogP contribution in [0.2, 0.25) is 0 Å². The highest BCUT2D eigenvalue weighted by atomic mass is 32.1. The molecule has 3 nitrogen and oxygen atoms in total. The molecule has 0 saturated carbocycles. The molecule has 1 aromatic carbocycles. The van der Waals surface area contributed by atoms with Crippen LogP contribution in [-0.2, 0) is 6.42 Å². The summed E-state index contributed by atoms with van der Waals surface area (Å²) >= 11 is 1.75. The lowest BCUT2D eigenvalue weighted by atomic mass is 10.1. The van der Waals surface area contributed by atoms with Crippen molar-refractivity contribution in [2.24, 2.45) is 5.73 Å². The third-order valence-electron chi connectivity index (χ3n) is 3.65. The van der Waals surface area contributed by atoms with E-state index in [2.05, 4.69) is 54.4 Å². The lowest BCUT2D eigenvalue weighted by Crippen LogP contribution is -2.06. The molecule has 20 heavy (non-hydrogen) atoms. The Morgan fingerprint density at radius 2 is 1.85 bits per heavy atom. The van der Waals surface area contributed by atoms with E-state index in [-0.39, 0.29) is 0 Å². The number of benzene rings is 1. The molecule has 3 rings (SSSR count). The minimum absolute atomic E-state index is 0.650. The summed E-state index contributed by atoms with van der Waals surface area (Å²) in [5.74, 6) is 0. The summed E-state index contributed by atoms with van der Waals surface area (Å²) in [6.07, 6.45) is 0.863. The first-order chi connectivity index (χ1) is 9.61. The average Bonchev–Trinajstić information content (AvgIpc) is 2.87. The molecule has 4 heteroatoms. The highest BCUT2D eigenvalue weighted by molar-refractivity contribution is 7.17. The van der Waals surface area contributed by atoms with Crippen LogP contribution in [0.25, 0.3) is 16.2 Å². The van der Waals surface area contributed by atoms with E-state index in [1.165, 1.54) is 27.4 Å². The molecule has 0 unspecified atom stereocenters.